The monoisotopic (exact) mass is 526 g/mol. The van der Waals surface area contributed by atoms with E-state index in [9.17, 15) is 14.7 Å². The third-order valence-corrected chi connectivity index (χ3v) is 6.95. The van der Waals surface area contributed by atoms with E-state index in [4.69, 9.17) is 28.4 Å². The minimum absolute atomic E-state index is 0.0369. The number of aliphatic hydroxyl groups excluding tert-OH is 1. The van der Waals surface area contributed by atoms with Crippen molar-refractivity contribution in [3.05, 3.63) is 47.0 Å². The van der Waals surface area contributed by atoms with Gasteiger partial charge in [0.05, 0.1) is 46.2 Å². The molecule has 0 saturated carbocycles. The van der Waals surface area contributed by atoms with Crippen LogP contribution in [0, 0.1) is 0 Å². The SMILES string of the molecule is COc1cc(C2/C(=C(\O)c3ccc4c(c3)OCO4)C(=O)C(=O)N2CCN2CCOCC2)cc(OC)c1OC. The molecule has 2 aromatic rings. The topological polar surface area (TPSA) is 116 Å². The van der Waals surface area contributed by atoms with Crippen LogP contribution in [0.1, 0.15) is 17.2 Å². The van der Waals surface area contributed by atoms with E-state index in [1.807, 2.05) is 0 Å². The molecule has 1 amide bonds. The summed E-state index contributed by atoms with van der Waals surface area (Å²) in [6.45, 7) is 3.56. The smallest absolute Gasteiger partial charge is 0.295 e. The highest BCUT2D eigenvalue weighted by atomic mass is 16.7. The van der Waals surface area contributed by atoms with Crippen molar-refractivity contribution in [1.82, 2.24) is 9.80 Å². The number of carbonyl (C=O) groups excluding carboxylic acids is 2. The Labute approximate surface area is 220 Å². The van der Waals surface area contributed by atoms with E-state index in [2.05, 4.69) is 4.90 Å². The van der Waals surface area contributed by atoms with Gasteiger partial charge in [-0.15, -0.1) is 0 Å². The number of hydrogen-bond acceptors (Lipinski definition) is 10. The minimum Gasteiger partial charge on any atom is -0.507 e. The molecule has 202 valence electrons. The molecule has 0 radical (unpaired) electrons. The van der Waals surface area contributed by atoms with E-state index >= 15 is 0 Å². The van der Waals surface area contributed by atoms with Gasteiger partial charge in [0.1, 0.15) is 5.76 Å². The van der Waals surface area contributed by atoms with E-state index in [0.29, 0.717) is 59.6 Å². The highest BCUT2D eigenvalue weighted by Crippen LogP contribution is 2.46. The van der Waals surface area contributed by atoms with Gasteiger partial charge in [0.15, 0.2) is 23.0 Å². The molecule has 1 atom stereocenters. The summed E-state index contributed by atoms with van der Waals surface area (Å²) < 4.78 is 32.7. The normalized spacial score (nSPS) is 20.6. The molecule has 1 unspecified atom stereocenters. The lowest BCUT2D eigenvalue weighted by Crippen LogP contribution is -2.42. The maximum absolute atomic E-state index is 13.4. The van der Waals surface area contributed by atoms with Crippen LogP contribution in [0.2, 0.25) is 0 Å². The third-order valence-electron chi connectivity index (χ3n) is 6.95. The van der Waals surface area contributed by atoms with Gasteiger partial charge in [-0.3, -0.25) is 14.5 Å². The van der Waals surface area contributed by atoms with E-state index in [0.717, 1.165) is 13.1 Å². The number of fused-ring (bicyclic) bond motifs is 1. The highest BCUT2D eigenvalue weighted by Gasteiger charge is 2.46. The Morgan fingerprint density at radius 3 is 2.29 bits per heavy atom. The van der Waals surface area contributed by atoms with Crippen LogP contribution < -0.4 is 23.7 Å². The molecule has 11 nitrogen and oxygen atoms in total. The number of rotatable bonds is 8. The third kappa shape index (κ3) is 4.59. The van der Waals surface area contributed by atoms with Gasteiger partial charge < -0.3 is 38.4 Å². The Balaban J connectivity index is 1.61. The van der Waals surface area contributed by atoms with Gasteiger partial charge >= 0.3 is 0 Å². The Morgan fingerprint density at radius 2 is 1.63 bits per heavy atom. The summed E-state index contributed by atoms with van der Waals surface area (Å²) in [6.07, 6.45) is 0. The molecular weight excluding hydrogens is 496 g/mol. The van der Waals surface area contributed by atoms with Crippen molar-refractivity contribution in [2.75, 3.05) is 67.5 Å². The number of ether oxygens (including phenoxy) is 6. The van der Waals surface area contributed by atoms with Crippen LogP contribution in [0.15, 0.2) is 35.9 Å². The molecule has 2 fully saturated rings. The standard InChI is InChI=1S/C27H30N2O9/c1-33-20-13-17(14-21(34-2)26(20)35-3)23-22(24(30)16-4-5-18-19(12-16)38-15-37-18)25(31)27(32)29(23)7-6-28-8-10-36-11-9-28/h4-5,12-14,23,30H,6-11,15H2,1-3H3/b24-22+. The second-order valence-corrected chi connectivity index (χ2v) is 8.97. The molecule has 2 aromatic carbocycles. The van der Waals surface area contributed by atoms with Crippen LogP contribution in [-0.2, 0) is 14.3 Å². The number of carbonyl (C=O) groups is 2. The average molecular weight is 527 g/mol. The summed E-state index contributed by atoms with van der Waals surface area (Å²) in [7, 11) is 4.47. The maximum Gasteiger partial charge on any atom is 0.295 e. The van der Waals surface area contributed by atoms with Crippen LogP contribution in [0.3, 0.4) is 0 Å². The van der Waals surface area contributed by atoms with Crippen LogP contribution in [-0.4, -0.2) is 94.1 Å². The Kier molecular flexibility index (Phi) is 7.30. The molecule has 11 heteroatoms. The van der Waals surface area contributed by atoms with Crippen molar-refractivity contribution in [3.8, 4) is 28.7 Å². The second-order valence-electron chi connectivity index (χ2n) is 8.97. The fourth-order valence-electron chi connectivity index (χ4n) is 4.99. The number of hydrogen-bond donors (Lipinski definition) is 1. The molecule has 0 bridgehead atoms. The zero-order chi connectivity index (χ0) is 26.8. The Morgan fingerprint density at radius 1 is 0.947 bits per heavy atom. The van der Waals surface area contributed by atoms with Crippen LogP contribution in [0.4, 0.5) is 0 Å². The zero-order valence-electron chi connectivity index (χ0n) is 21.5. The van der Waals surface area contributed by atoms with Gasteiger partial charge in [-0.05, 0) is 35.9 Å². The highest BCUT2D eigenvalue weighted by molar-refractivity contribution is 6.46. The van der Waals surface area contributed by atoms with Crippen molar-refractivity contribution < 1.29 is 43.1 Å². The summed E-state index contributed by atoms with van der Waals surface area (Å²) >= 11 is 0. The number of likely N-dealkylation sites (tertiary alicyclic amines) is 1. The molecule has 2 saturated heterocycles. The molecule has 0 aromatic heterocycles. The molecule has 3 aliphatic rings. The largest absolute Gasteiger partial charge is 0.507 e. The number of Topliss-reactive ketones (excluding diaryl/α,β-unsaturated/α-hetero) is 1. The summed E-state index contributed by atoms with van der Waals surface area (Å²) in [5, 5.41) is 11.4. The van der Waals surface area contributed by atoms with Crippen molar-refractivity contribution in [3.63, 3.8) is 0 Å². The van der Waals surface area contributed by atoms with Crippen molar-refractivity contribution in [1.29, 1.82) is 0 Å². The number of aliphatic hydroxyl groups is 1. The van der Waals surface area contributed by atoms with E-state index < -0.39 is 17.7 Å². The van der Waals surface area contributed by atoms with Gasteiger partial charge in [0, 0.05) is 31.7 Å². The molecule has 3 aliphatic heterocycles. The summed E-state index contributed by atoms with van der Waals surface area (Å²) in [4.78, 5) is 30.5. The van der Waals surface area contributed by atoms with Crippen LogP contribution in [0.25, 0.3) is 5.76 Å². The van der Waals surface area contributed by atoms with Crippen molar-refractivity contribution in [2.24, 2.45) is 0 Å². The summed E-state index contributed by atoms with van der Waals surface area (Å²) in [6, 6.07) is 7.34. The first kappa shape index (κ1) is 25.7. The Hall–Kier alpha value is -3.96. The minimum atomic E-state index is -0.893. The van der Waals surface area contributed by atoms with E-state index in [1.165, 1.54) is 26.2 Å². The molecule has 5 rings (SSSR count). The Bertz CT molecular complexity index is 1240. The lowest BCUT2D eigenvalue weighted by molar-refractivity contribution is -0.140. The number of methoxy groups -OCH3 is 3. The van der Waals surface area contributed by atoms with Crippen molar-refractivity contribution >= 4 is 17.4 Å². The molecule has 38 heavy (non-hydrogen) atoms. The summed E-state index contributed by atoms with van der Waals surface area (Å²) in [5.74, 6) is 0.301. The number of benzene rings is 2. The first-order chi connectivity index (χ1) is 18.5. The average Bonchev–Trinajstić information content (AvgIpc) is 3.52. The quantitative estimate of drug-likeness (QED) is 0.312. The van der Waals surface area contributed by atoms with Gasteiger partial charge in [-0.2, -0.15) is 0 Å². The number of amides is 1. The molecule has 1 N–H and O–H groups in total. The molecular formula is C27H30N2O9. The van der Waals surface area contributed by atoms with Gasteiger partial charge in [-0.1, -0.05) is 0 Å². The first-order valence-electron chi connectivity index (χ1n) is 12.2. The van der Waals surface area contributed by atoms with E-state index in [-0.39, 0.29) is 24.7 Å². The van der Waals surface area contributed by atoms with Crippen LogP contribution in [0.5, 0.6) is 28.7 Å². The predicted octanol–water partition coefficient (Wildman–Crippen LogP) is 2.20. The maximum atomic E-state index is 13.4. The first-order valence-corrected chi connectivity index (χ1v) is 12.2. The number of morpholine rings is 1. The number of nitrogens with zero attached hydrogens (tertiary/aromatic N) is 2. The van der Waals surface area contributed by atoms with Gasteiger partial charge in [0.2, 0.25) is 12.5 Å². The zero-order valence-corrected chi connectivity index (χ0v) is 21.5. The van der Waals surface area contributed by atoms with Crippen LogP contribution >= 0.6 is 0 Å². The molecule has 0 aliphatic carbocycles. The fourth-order valence-corrected chi connectivity index (χ4v) is 4.99. The van der Waals surface area contributed by atoms with Gasteiger partial charge in [-0.25, -0.2) is 0 Å². The predicted molar refractivity (Wildman–Crippen MR) is 135 cm³/mol. The molecule has 0 spiro atoms. The molecule has 3 heterocycles. The number of ketones is 1. The summed E-state index contributed by atoms with van der Waals surface area (Å²) in [5.41, 5.74) is 0.825. The lowest BCUT2D eigenvalue weighted by atomic mass is 9.94. The second kappa shape index (κ2) is 10.8. The lowest BCUT2D eigenvalue weighted by Gasteiger charge is -2.31. The van der Waals surface area contributed by atoms with Crippen molar-refractivity contribution in [2.45, 2.75) is 6.04 Å². The van der Waals surface area contributed by atoms with E-state index in [1.54, 1.807) is 30.3 Å². The van der Waals surface area contributed by atoms with Gasteiger partial charge in [0.25, 0.3) is 11.7 Å². The fraction of sp³-hybridized carbons (Fsp3) is 0.407.